The van der Waals surface area contributed by atoms with E-state index < -0.39 is 0 Å². The highest BCUT2D eigenvalue weighted by atomic mass is 32.2. The smallest absolute Gasteiger partial charge is 0.243 e. The van der Waals surface area contributed by atoms with Crippen LogP contribution >= 0.6 is 11.8 Å². The molecule has 4 heteroatoms. The Morgan fingerprint density at radius 2 is 2.14 bits per heavy atom. The van der Waals surface area contributed by atoms with E-state index in [4.69, 9.17) is 0 Å². The minimum atomic E-state index is -0.0680. The van der Waals surface area contributed by atoms with Crippen molar-refractivity contribution in [2.75, 3.05) is 18.6 Å². The second-order valence-corrected chi connectivity index (χ2v) is 7.20. The lowest BCUT2D eigenvalue weighted by molar-refractivity contribution is -0.124. The van der Waals surface area contributed by atoms with Gasteiger partial charge in [0.1, 0.15) is 6.04 Å². The van der Waals surface area contributed by atoms with Crippen LogP contribution in [0.1, 0.15) is 25.3 Å². The van der Waals surface area contributed by atoms with E-state index in [0.29, 0.717) is 11.8 Å². The Morgan fingerprint density at radius 3 is 2.76 bits per heavy atom. The molecule has 1 fully saturated rings. The van der Waals surface area contributed by atoms with Crippen LogP contribution in [-0.4, -0.2) is 29.0 Å². The van der Waals surface area contributed by atoms with E-state index in [9.17, 15) is 4.79 Å². The van der Waals surface area contributed by atoms with Crippen molar-refractivity contribution >= 4 is 17.7 Å². The molecule has 21 heavy (non-hydrogen) atoms. The van der Waals surface area contributed by atoms with Gasteiger partial charge in [-0.15, -0.1) is 0 Å². The number of hydrogen-bond acceptors (Lipinski definition) is 2. The summed E-state index contributed by atoms with van der Waals surface area (Å²) in [6.07, 6.45) is 14.2. The second kappa shape index (κ2) is 6.73. The van der Waals surface area contributed by atoms with Gasteiger partial charge < -0.3 is 9.88 Å². The highest BCUT2D eigenvalue weighted by molar-refractivity contribution is 7.98. The van der Waals surface area contributed by atoms with Crippen molar-refractivity contribution in [2.45, 2.75) is 25.3 Å². The van der Waals surface area contributed by atoms with Crippen LogP contribution in [0.25, 0.3) is 0 Å². The lowest BCUT2D eigenvalue weighted by Gasteiger charge is -2.22. The molecule has 4 atom stereocenters. The number of rotatable bonds is 7. The van der Waals surface area contributed by atoms with Crippen LogP contribution in [0.2, 0.25) is 0 Å². The molecule has 2 aliphatic carbocycles. The van der Waals surface area contributed by atoms with Gasteiger partial charge in [0.25, 0.3) is 0 Å². The molecule has 1 N–H and O–H groups in total. The van der Waals surface area contributed by atoms with Crippen molar-refractivity contribution in [3.05, 3.63) is 36.7 Å². The third kappa shape index (κ3) is 3.37. The number of aromatic nitrogens is 1. The Morgan fingerprint density at radius 1 is 1.33 bits per heavy atom. The summed E-state index contributed by atoms with van der Waals surface area (Å²) in [5, 5.41) is 3.20. The Labute approximate surface area is 131 Å². The number of carbonyl (C=O) groups is 1. The van der Waals surface area contributed by atoms with Gasteiger partial charge in [-0.2, -0.15) is 11.8 Å². The molecular formula is C17H24N2OS. The van der Waals surface area contributed by atoms with E-state index in [0.717, 1.165) is 24.6 Å². The third-order valence-electron chi connectivity index (χ3n) is 4.84. The van der Waals surface area contributed by atoms with Crippen molar-refractivity contribution in [1.82, 2.24) is 9.88 Å². The van der Waals surface area contributed by atoms with Crippen molar-refractivity contribution in [2.24, 2.45) is 17.8 Å². The molecule has 1 saturated carbocycles. The average Bonchev–Trinajstić information content (AvgIpc) is 3.22. The van der Waals surface area contributed by atoms with Gasteiger partial charge in [0.2, 0.25) is 5.91 Å². The molecule has 1 aromatic rings. The quantitative estimate of drug-likeness (QED) is 0.785. The number of carbonyl (C=O) groups excluding carboxylic acids is 1. The number of amides is 1. The molecule has 0 saturated heterocycles. The third-order valence-corrected chi connectivity index (χ3v) is 5.48. The van der Waals surface area contributed by atoms with Gasteiger partial charge >= 0.3 is 0 Å². The standard InChI is InChI=1S/C17H24N2OS/c1-21-9-6-16(19-7-2-3-8-19)17(20)18-12-15-11-13-4-5-14(15)10-13/h2-5,7-8,13-16H,6,9-12H2,1H3,(H,18,20)/t13-,14-,15+,16-/m0/s1. The van der Waals surface area contributed by atoms with Crippen LogP contribution < -0.4 is 5.32 Å². The maximum Gasteiger partial charge on any atom is 0.243 e. The molecule has 1 heterocycles. The number of hydrogen-bond donors (Lipinski definition) is 1. The summed E-state index contributed by atoms with van der Waals surface area (Å²) in [5.41, 5.74) is 0. The lowest BCUT2D eigenvalue weighted by atomic mass is 9.93. The van der Waals surface area contributed by atoms with Crippen molar-refractivity contribution in [1.29, 1.82) is 0 Å². The second-order valence-electron chi connectivity index (χ2n) is 6.21. The normalized spacial score (nSPS) is 28.0. The van der Waals surface area contributed by atoms with Crippen LogP contribution in [0.5, 0.6) is 0 Å². The van der Waals surface area contributed by atoms with Gasteiger partial charge in [-0.05, 0) is 61.2 Å². The van der Waals surface area contributed by atoms with E-state index in [-0.39, 0.29) is 11.9 Å². The Balaban J connectivity index is 1.55. The number of allylic oxidation sites excluding steroid dienone is 2. The van der Waals surface area contributed by atoms with E-state index in [2.05, 4.69) is 23.7 Å². The summed E-state index contributed by atoms with van der Waals surface area (Å²) in [6.45, 7) is 0.835. The molecule has 114 valence electrons. The fourth-order valence-electron chi connectivity index (χ4n) is 3.68. The van der Waals surface area contributed by atoms with Gasteiger partial charge in [0.15, 0.2) is 0 Å². The molecule has 0 aromatic carbocycles. The molecule has 3 rings (SSSR count). The first-order chi connectivity index (χ1) is 10.3. The summed E-state index contributed by atoms with van der Waals surface area (Å²) in [6, 6.07) is 3.90. The zero-order valence-corrected chi connectivity index (χ0v) is 13.4. The number of nitrogens with zero attached hydrogens (tertiary/aromatic N) is 1. The molecule has 0 aliphatic heterocycles. The minimum Gasteiger partial charge on any atom is -0.354 e. The monoisotopic (exact) mass is 304 g/mol. The number of thioether (sulfide) groups is 1. The van der Waals surface area contributed by atoms with E-state index >= 15 is 0 Å². The van der Waals surface area contributed by atoms with Gasteiger partial charge in [-0.1, -0.05) is 12.2 Å². The van der Waals surface area contributed by atoms with E-state index in [1.54, 1.807) is 11.8 Å². The lowest BCUT2D eigenvalue weighted by Crippen LogP contribution is -2.36. The summed E-state index contributed by atoms with van der Waals surface area (Å²) >= 11 is 1.80. The van der Waals surface area contributed by atoms with Crippen LogP contribution in [0.3, 0.4) is 0 Å². The average molecular weight is 304 g/mol. The molecule has 2 bridgehead atoms. The summed E-state index contributed by atoms with van der Waals surface area (Å²) < 4.78 is 2.03. The number of fused-ring (bicyclic) bond motifs is 2. The first-order valence-corrected chi connectivity index (χ1v) is 9.24. The Kier molecular flexibility index (Phi) is 4.73. The Bertz CT molecular complexity index is 497. The van der Waals surface area contributed by atoms with E-state index in [1.165, 1.54) is 12.8 Å². The highest BCUT2D eigenvalue weighted by Gasteiger charge is 2.35. The first kappa shape index (κ1) is 14.8. The van der Waals surface area contributed by atoms with Gasteiger partial charge in [0, 0.05) is 18.9 Å². The summed E-state index contributed by atoms with van der Waals surface area (Å²) in [5.74, 6) is 3.30. The van der Waals surface area contributed by atoms with Gasteiger partial charge in [0.05, 0.1) is 0 Å². The molecule has 1 amide bonds. The zero-order valence-electron chi connectivity index (χ0n) is 12.6. The predicted octanol–water partition coefficient (Wildman–Crippen LogP) is 3.11. The molecule has 0 unspecified atom stereocenters. The van der Waals surface area contributed by atoms with Crippen LogP contribution in [0, 0.1) is 17.8 Å². The Hall–Kier alpha value is -1.16. The molecule has 0 radical (unpaired) electrons. The largest absolute Gasteiger partial charge is 0.354 e. The summed E-state index contributed by atoms with van der Waals surface area (Å²) in [4.78, 5) is 12.6. The fourth-order valence-corrected chi connectivity index (χ4v) is 4.14. The van der Waals surface area contributed by atoms with Gasteiger partial charge in [-0.25, -0.2) is 0 Å². The highest BCUT2D eigenvalue weighted by Crippen LogP contribution is 2.42. The first-order valence-electron chi connectivity index (χ1n) is 7.85. The van der Waals surface area contributed by atoms with Crippen molar-refractivity contribution in [3.8, 4) is 0 Å². The number of nitrogens with one attached hydrogen (secondary N) is 1. The zero-order chi connectivity index (χ0) is 14.7. The molecule has 3 nitrogen and oxygen atoms in total. The SMILES string of the molecule is CSCC[C@@H](C(=O)NC[C@H]1C[C@H]2C=C[C@H]1C2)n1cccc1. The van der Waals surface area contributed by atoms with E-state index in [1.807, 2.05) is 29.1 Å². The maximum atomic E-state index is 12.6. The molecule has 0 spiro atoms. The fraction of sp³-hybridized carbons (Fsp3) is 0.588. The maximum absolute atomic E-state index is 12.6. The molecule has 2 aliphatic rings. The predicted molar refractivity (Wildman–Crippen MR) is 88.3 cm³/mol. The van der Waals surface area contributed by atoms with Crippen molar-refractivity contribution in [3.63, 3.8) is 0 Å². The van der Waals surface area contributed by atoms with Gasteiger partial charge in [-0.3, -0.25) is 4.79 Å². The molecular weight excluding hydrogens is 280 g/mol. The molecule has 1 aromatic heterocycles. The van der Waals surface area contributed by atoms with Crippen LogP contribution in [0.4, 0.5) is 0 Å². The van der Waals surface area contributed by atoms with Crippen molar-refractivity contribution < 1.29 is 4.79 Å². The summed E-state index contributed by atoms with van der Waals surface area (Å²) in [7, 11) is 0. The van der Waals surface area contributed by atoms with Crippen LogP contribution in [-0.2, 0) is 4.79 Å². The van der Waals surface area contributed by atoms with Crippen LogP contribution in [0.15, 0.2) is 36.7 Å². The minimum absolute atomic E-state index is 0.0680. The topological polar surface area (TPSA) is 34.0 Å².